The van der Waals surface area contributed by atoms with Gasteiger partial charge in [0.2, 0.25) is 0 Å². The van der Waals surface area contributed by atoms with Gasteiger partial charge < -0.3 is 0 Å². The summed E-state index contributed by atoms with van der Waals surface area (Å²) in [5.41, 5.74) is 10.5. The van der Waals surface area contributed by atoms with E-state index in [4.69, 9.17) is 0 Å². The second-order valence-electron chi connectivity index (χ2n) is 14.0. The summed E-state index contributed by atoms with van der Waals surface area (Å²) in [5.74, 6) is 0. The molecule has 4 heterocycles. The fourth-order valence-corrected chi connectivity index (χ4v) is 13.4. The minimum absolute atomic E-state index is 1.31. The fourth-order valence-electron chi connectivity index (χ4n) is 8.87. The van der Waals surface area contributed by atoms with Crippen LogP contribution in [-0.4, -0.2) is 0 Å². The van der Waals surface area contributed by atoms with Gasteiger partial charge in [0.1, 0.15) is 0 Å². The second kappa shape index (κ2) is 10.2. The molecule has 240 valence electrons. The first kappa shape index (κ1) is 28.3. The molecule has 0 fully saturated rings. The average molecular weight is 729 g/mol. The van der Waals surface area contributed by atoms with Crippen LogP contribution in [0.4, 0.5) is 0 Å². The molecule has 52 heavy (non-hydrogen) atoms. The van der Waals surface area contributed by atoms with E-state index in [2.05, 4.69) is 146 Å². The van der Waals surface area contributed by atoms with Crippen LogP contribution in [0.5, 0.6) is 0 Å². The number of hydrogen-bond donors (Lipinski definition) is 0. The molecule has 0 nitrogen and oxygen atoms in total. The molecule has 1 aliphatic carbocycles. The Morgan fingerprint density at radius 2 is 0.404 bits per heavy atom. The van der Waals surface area contributed by atoms with E-state index >= 15 is 0 Å². The van der Waals surface area contributed by atoms with Crippen LogP contribution in [0.1, 0.15) is 0 Å². The van der Waals surface area contributed by atoms with Gasteiger partial charge in [-0.15, -0.1) is 45.3 Å². The largest absolute Gasteiger partial charge is 0.135 e. The SMILES string of the molecule is c1ccc2c(c1)sc1cc3c(cc12)-c1cc2c(cc1-c1cc4sc5ccccc5c4cc1-c1cc4c(cc1-3)sc1ccccc14)sc1ccccc12. The van der Waals surface area contributed by atoms with Gasteiger partial charge in [0, 0.05) is 80.7 Å². The standard InChI is InChI=1S/C48H24S4/c1-5-13-41-25(9-1)37-17-29-30-18-38-26-10-2-6-14-42(26)50-46(38)22-34(30)36-24-48-40(28-12-4-8-16-44(28)52-48)20-32(36)31-19-39-27-11-3-7-15-43(27)51-47(39)23-35(31)33(29)21-45(37)49-41/h1-24H. The fraction of sp³-hybridized carbons (Fsp3) is 0. The maximum atomic E-state index is 2.52. The zero-order valence-electron chi connectivity index (χ0n) is 27.5. The Balaban J connectivity index is 1.27. The Bertz CT molecular complexity index is 3060. The molecule has 13 rings (SSSR count). The maximum Gasteiger partial charge on any atom is 0.0362 e. The van der Waals surface area contributed by atoms with E-state index in [9.17, 15) is 0 Å². The van der Waals surface area contributed by atoms with Crippen LogP contribution in [-0.2, 0) is 0 Å². The van der Waals surface area contributed by atoms with Crippen molar-refractivity contribution < 1.29 is 0 Å². The average Bonchev–Trinajstić information content (AvgIpc) is 3.94. The molecule has 0 spiro atoms. The van der Waals surface area contributed by atoms with E-state index in [-0.39, 0.29) is 0 Å². The molecule has 0 atom stereocenters. The first-order valence-corrected chi connectivity index (χ1v) is 20.8. The molecule has 8 aromatic carbocycles. The Kier molecular flexibility index (Phi) is 5.52. The van der Waals surface area contributed by atoms with Gasteiger partial charge in [0.05, 0.1) is 0 Å². The van der Waals surface area contributed by atoms with Crippen molar-refractivity contribution in [3.63, 3.8) is 0 Å². The summed E-state index contributed by atoms with van der Waals surface area (Å²) < 4.78 is 10.7. The first-order valence-electron chi connectivity index (χ1n) is 17.6. The highest BCUT2D eigenvalue weighted by Gasteiger charge is 2.27. The number of fused-ring (bicyclic) bond motifs is 20. The highest BCUT2D eigenvalue weighted by atomic mass is 32.1. The van der Waals surface area contributed by atoms with Crippen molar-refractivity contribution in [1.29, 1.82) is 0 Å². The molecule has 0 bridgehead atoms. The molecule has 12 aromatic rings. The predicted octanol–water partition coefficient (Wildman–Crippen LogP) is 16.1. The molecular weight excluding hydrogens is 705 g/mol. The van der Waals surface area contributed by atoms with E-state index in [0.717, 1.165) is 0 Å². The maximum absolute atomic E-state index is 2.52. The van der Waals surface area contributed by atoms with E-state index in [0.29, 0.717) is 0 Å². The Labute approximate surface area is 314 Å². The summed E-state index contributed by atoms with van der Waals surface area (Å²) >= 11 is 7.65. The van der Waals surface area contributed by atoms with Crippen molar-refractivity contribution >= 4 is 126 Å². The van der Waals surface area contributed by atoms with Gasteiger partial charge >= 0.3 is 0 Å². The third-order valence-electron chi connectivity index (χ3n) is 11.2. The van der Waals surface area contributed by atoms with E-state index in [1.807, 2.05) is 45.3 Å². The predicted molar refractivity (Wildman–Crippen MR) is 233 cm³/mol. The molecule has 0 saturated heterocycles. The molecule has 4 heteroatoms. The Hall–Kier alpha value is -5.36. The lowest BCUT2D eigenvalue weighted by atomic mass is 9.79. The van der Waals surface area contributed by atoms with E-state index in [1.165, 1.54) is 125 Å². The van der Waals surface area contributed by atoms with Crippen molar-refractivity contribution in [3.8, 4) is 44.5 Å². The highest BCUT2D eigenvalue weighted by molar-refractivity contribution is 7.27. The van der Waals surface area contributed by atoms with Crippen LogP contribution >= 0.6 is 45.3 Å². The van der Waals surface area contributed by atoms with Crippen LogP contribution in [0.25, 0.3) is 125 Å². The van der Waals surface area contributed by atoms with Crippen molar-refractivity contribution in [2.75, 3.05) is 0 Å². The van der Waals surface area contributed by atoms with Crippen LogP contribution in [0.15, 0.2) is 146 Å². The van der Waals surface area contributed by atoms with Crippen molar-refractivity contribution in [1.82, 2.24) is 0 Å². The quantitative estimate of drug-likeness (QED) is 0.146. The summed E-state index contributed by atoms with van der Waals surface area (Å²) in [4.78, 5) is 0. The highest BCUT2D eigenvalue weighted by Crippen LogP contribution is 2.55. The smallest absolute Gasteiger partial charge is 0.0362 e. The molecule has 0 N–H and O–H groups in total. The van der Waals surface area contributed by atoms with Gasteiger partial charge in [-0.1, -0.05) is 72.8 Å². The number of rotatable bonds is 0. The molecule has 0 radical (unpaired) electrons. The van der Waals surface area contributed by atoms with Gasteiger partial charge in [0.25, 0.3) is 0 Å². The third-order valence-corrected chi connectivity index (χ3v) is 15.8. The molecular formula is C48H24S4. The van der Waals surface area contributed by atoms with Crippen molar-refractivity contribution in [2.24, 2.45) is 0 Å². The molecule has 0 aliphatic heterocycles. The number of benzene rings is 8. The Morgan fingerprint density at radius 1 is 0.192 bits per heavy atom. The summed E-state index contributed by atoms with van der Waals surface area (Å²) in [7, 11) is 0. The lowest BCUT2D eigenvalue weighted by molar-refractivity contribution is 1.60. The van der Waals surface area contributed by atoms with Crippen molar-refractivity contribution in [3.05, 3.63) is 146 Å². The van der Waals surface area contributed by atoms with Gasteiger partial charge in [-0.25, -0.2) is 0 Å². The molecule has 0 amide bonds. The minimum atomic E-state index is 1.31. The number of hydrogen-bond acceptors (Lipinski definition) is 4. The minimum Gasteiger partial charge on any atom is -0.135 e. The summed E-state index contributed by atoms with van der Waals surface area (Å²) in [6.45, 7) is 0. The summed E-state index contributed by atoms with van der Waals surface area (Å²) in [6, 6.07) is 55.8. The van der Waals surface area contributed by atoms with E-state index in [1.54, 1.807) is 0 Å². The Morgan fingerprint density at radius 3 is 0.654 bits per heavy atom. The van der Waals surface area contributed by atoms with Crippen LogP contribution in [0, 0.1) is 0 Å². The monoisotopic (exact) mass is 728 g/mol. The summed E-state index contributed by atoms with van der Waals surface area (Å²) in [6.07, 6.45) is 0. The van der Waals surface area contributed by atoms with Crippen molar-refractivity contribution in [2.45, 2.75) is 0 Å². The van der Waals surface area contributed by atoms with Crippen LogP contribution in [0.2, 0.25) is 0 Å². The molecule has 0 unspecified atom stereocenters. The molecule has 4 aromatic heterocycles. The molecule has 1 aliphatic rings. The summed E-state index contributed by atoms with van der Waals surface area (Å²) in [5, 5.41) is 10.7. The van der Waals surface area contributed by atoms with E-state index < -0.39 is 0 Å². The van der Waals surface area contributed by atoms with Gasteiger partial charge in [-0.2, -0.15) is 0 Å². The molecule has 0 saturated carbocycles. The normalized spacial score (nSPS) is 12.6. The van der Waals surface area contributed by atoms with Crippen LogP contribution in [0.3, 0.4) is 0 Å². The van der Waals surface area contributed by atoms with Crippen LogP contribution < -0.4 is 0 Å². The third kappa shape index (κ3) is 3.75. The first-order chi connectivity index (χ1) is 25.7. The lowest BCUT2D eigenvalue weighted by Crippen LogP contribution is -1.97. The van der Waals surface area contributed by atoms with Gasteiger partial charge in [0.15, 0.2) is 0 Å². The topological polar surface area (TPSA) is 0 Å². The second-order valence-corrected chi connectivity index (χ2v) is 18.3. The van der Waals surface area contributed by atoms with Gasteiger partial charge in [-0.3, -0.25) is 0 Å². The zero-order valence-corrected chi connectivity index (χ0v) is 30.8. The lowest BCUT2D eigenvalue weighted by Gasteiger charge is -2.24. The van der Waals surface area contributed by atoms with Gasteiger partial charge in [-0.05, 0) is 117 Å². The number of thiophene rings is 4. The zero-order chi connectivity index (χ0) is 33.7.